The van der Waals surface area contributed by atoms with Crippen LogP contribution in [0, 0.1) is 6.92 Å². The lowest BCUT2D eigenvalue weighted by atomic mass is 10.2. The average Bonchev–Trinajstić information content (AvgIpc) is 2.69. The van der Waals surface area contributed by atoms with Gasteiger partial charge < -0.3 is 5.32 Å². The second kappa shape index (κ2) is 5.38. The van der Waals surface area contributed by atoms with E-state index in [0.717, 1.165) is 10.3 Å². The maximum Gasteiger partial charge on any atom is 0.140 e. The number of anilines is 1. The van der Waals surface area contributed by atoms with Gasteiger partial charge in [-0.05, 0) is 48.0 Å². The van der Waals surface area contributed by atoms with Crippen molar-refractivity contribution in [3.8, 4) is 0 Å². The van der Waals surface area contributed by atoms with Crippen LogP contribution in [-0.2, 0) is 0 Å². The predicted octanol–water partition coefficient (Wildman–Crippen LogP) is 5.04. The average molecular weight is 332 g/mol. The molecule has 0 aromatic carbocycles. The minimum atomic E-state index is 0.235. The molecule has 2 aromatic rings. The van der Waals surface area contributed by atoms with E-state index < -0.39 is 0 Å². The van der Waals surface area contributed by atoms with Crippen LogP contribution in [0.3, 0.4) is 0 Å². The van der Waals surface area contributed by atoms with Crippen LogP contribution in [-0.4, -0.2) is 4.98 Å². The first-order valence-corrected chi connectivity index (χ1v) is 7.19. The molecule has 0 saturated heterocycles. The molecule has 2 heterocycles. The summed E-state index contributed by atoms with van der Waals surface area (Å²) in [6.07, 6.45) is 1.64. The first-order chi connectivity index (χ1) is 8.06. The van der Waals surface area contributed by atoms with E-state index in [1.807, 2.05) is 6.07 Å². The van der Waals surface area contributed by atoms with Crippen LogP contribution in [0.1, 0.15) is 22.7 Å². The number of hydrogen-bond acceptors (Lipinski definition) is 3. The molecule has 17 heavy (non-hydrogen) atoms. The van der Waals surface area contributed by atoms with E-state index >= 15 is 0 Å². The number of thiophene rings is 1. The highest BCUT2D eigenvalue weighted by molar-refractivity contribution is 9.10. The minimum Gasteiger partial charge on any atom is -0.362 e. The third-order valence-corrected chi connectivity index (χ3v) is 4.34. The maximum absolute atomic E-state index is 5.86. The topological polar surface area (TPSA) is 24.9 Å². The molecule has 0 fully saturated rings. The van der Waals surface area contributed by atoms with Gasteiger partial charge in [-0.3, -0.25) is 0 Å². The second-order valence-electron chi connectivity index (χ2n) is 3.80. The van der Waals surface area contributed by atoms with Crippen molar-refractivity contribution in [1.29, 1.82) is 0 Å². The van der Waals surface area contributed by atoms with Crippen molar-refractivity contribution < 1.29 is 0 Å². The lowest BCUT2D eigenvalue weighted by Crippen LogP contribution is -2.06. The fourth-order valence-corrected chi connectivity index (χ4v) is 3.12. The lowest BCUT2D eigenvalue weighted by molar-refractivity contribution is 0.894. The van der Waals surface area contributed by atoms with Crippen LogP contribution in [0.4, 0.5) is 5.82 Å². The Morgan fingerprint density at radius 3 is 2.82 bits per heavy atom. The molecular formula is C12H12BrClN2S. The van der Waals surface area contributed by atoms with E-state index in [9.17, 15) is 0 Å². The zero-order valence-corrected chi connectivity index (χ0v) is 12.7. The van der Waals surface area contributed by atoms with Crippen molar-refractivity contribution in [2.45, 2.75) is 19.9 Å². The van der Waals surface area contributed by atoms with Crippen molar-refractivity contribution in [2.24, 2.45) is 0 Å². The molecule has 0 spiro atoms. The second-order valence-corrected chi connectivity index (χ2v) is 6.41. The Bertz CT molecular complexity index is 527. The molecular weight excluding hydrogens is 320 g/mol. The fourth-order valence-electron chi connectivity index (χ4n) is 1.48. The van der Waals surface area contributed by atoms with Crippen LogP contribution in [0.2, 0.25) is 5.02 Å². The molecule has 0 aliphatic carbocycles. The van der Waals surface area contributed by atoms with Crippen LogP contribution >= 0.6 is 38.9 Å². The quantitative estimate of drug-likeness (QED) is 0.852. The third-order valence-electron chi connectivity index (χ3n) is 2.35. The molecule has 0 bridgehead atoms. The first-order valence-electron chi connectivity index (χ1n) is 5.20. The summed E-state index contributed by atoms with van der Waals surface area (Å²) in [6, 6.07) is 6.34. The molecule has 2 rings (SSSR count). The SMILES string of the molecule is Cc1ccc(C(C)Nc2ncc(Cl)cc2Br)s1. The maximum atomic E-state index is 5.86. The molecule has 0 aliphatic heterocycles. The number of halogens is 2. The van der Waals surface area contributed by atoms with E-state index in [1.165, 1.54) is 9.75 Å². The highest BCUT2D eigenvalue weighted by Crippen LogP contribution is 2.29. The molecule has 0 amide bonds. The number of pyridine rings is 1. The van der Waals surface area contributed by atoms with Crippen molar-refractivity contribution >= 4 is 44.7 Å². The lowest BCUT2D eigenvalue weighted by Gasteiger charge is -2.14. The minimum absolute atomic E-state index is 0.235. The summed E-state index contributed by atoms with van der Waals surface area (Å²) in [5, 5.41) is 3.99. The molecule has 5 heteroatoms. The molecule has 1 atom stereocenters. The normalized spacial score (nSPS) is 12.5. The predicted molar refractivity (Wildman–Crippen MR) is 78.0 cm³/mol. The van der Waals surface area contributed by atoms with Gasteiger partial charge in [0.05, 0.1) is 15.5 Å². The van der Waals surface area contributed by atoms with Crippen molar-refractivity contribution in [3.63, 3.8) is 0 Å². The van der Waals surface area contributed by atoms with Gasteiger partial charge in [0.25, 0.3) is 0 Å². The van der Waals surface area contributed by atoms with Crippen molar-refractivity contribution in [3.05, 3.63) is 43.6 Å². The summed E-state index contributed by atoms with van der Waals surface area (Å²) in [6.45, 7) is 4.23. The molecule has 0 aliphatic rings. The van der Waals surface area contributed by atoms with Crippen molar-refractivity contribution in [2.75, 3.05) is 5.32 Å². The van der Waals surface area contributed by atoms with Gasteiger partial charge in [-0.1, -0.05) is 11.6 Å². The summed E-state index contributed by atoms with van der Waals surface area (Å²) < 4.78 is 0.880. The Balaban J connectivity index is 2.15. The van der Waals surface area contributed by atoms with Crippen LogP contribution in [0.5, 0.6) is 0 Å². The molecule has 2 nitrogen and oxygen atoms in total. The van der Waals surface area contributed by atoms with Gasteiger partial charge in [0.1, 0.15) is 5.82 Å². The van der Waals surface area contributed by atoms with Gasteiger partial charge in [-0.15, -0.1) is 11.3 Å². The van der Waals surface area contributed by atoms with Gasteiger partial charge >= 0.3 is 0 Å². The number of hydrogen-bond donors (Lipinski definition) is 1. The summed E-state index contributed by atoms with van der Waals surface area (Å²) in [5.74, 6) is 0.813. The molecule has 0 saturated carbocycles. The van der Waals surface area contributed by atoms with Crippen LogP contribution in [0.25, 0.3) is 0 Å². The van der Waals surface area contributed by atoms with Crippen molar-refractivity contribution in [1.82, 2.24) is 4.98 Å². The largest absolute Gasteiger partial charge is 0.362 e. The van der Waals surface area contributed by atoms with E-state index in [1.54, 1.807) is 17.5 Å². The first kappa shape index (κ1) is 12.9. The molecule has 1 unspecified atom stereocenters. The number of nitrogens with zero attached hydrogens (tertiary/aromatic N) is 1. The Kier molecular flexibility index (Phi) is 4.07. The molecule has 2 aromatic heterocycles. The molecule has 90 valence electrons. The smallest absolute Gasteiger partial charge is 0.140 e. The number of aryl methyl sites for hydroxylation is 1. The molecule has 1 N–H and O–H groups in total. The monoisotopic (exact) mass is 330 g/mol. The number of rotatable bonds is 3. The standard InChI is InChI=1S/C12H12BrClN2S/c1-7-3-4-11(17-7)8(2)16-12-10(13)5-9(14)6-15-12/h3-6,8H,1-2H3,(H,15,16). The summed E-state index contributed by atoms with van der Waals surface area (Å²) >= 11 is 11.1. The van der Waals surface area contributed by atoms with E-state index in [0.29, 0.717) is 5.02 Å². The zero-order chi connectivity index (χ0) is 12.4. The van der Waals surface area contributed by atoms with Gasteiger partial charge in [0.15, 0.2) is 0 Å². The molecule has 0 radical (unpaired) electrons. The van der Waals surface area contributed by atoms with Gasteiger partial charge in [-0.25, -0.2) is 4.98 Å². The summed E-state index contributed by atoms with van der Waals surface area (Å²) in [5.41, 5.74) is 0. The van der Waals surface area contributed by atoms with E-state index in [4.69, 9.17) is 11.6 Å². The number of aromatic nitrogens is 1. The van der Waals surface area contributed by atoms with Gasteiger partial charge in [-0.2, -0.15) is 0 Å². The van der Waals surface area contributed by atoms with E-state index in [-0.39, 0.29) is 6.04 Å². The Morgan fingerprint density at radius 1 is 1.47 bits per heavy atom. The van der Waals surface area contributed by atoms with Crippen LogP contribution < -0.4 is 5.32 Å². The Hall–Kier alpha value is -0.580. The van der Waals surface area contributed by atoms with Gasteiger partial charge in [0, 0.05) is 16.0 Å². The highest BCUT2D eigenvalue weighted by Gasteiger charge is 2.10. The third kappa shape index (κ3) is 3.21. The summed E-state index contributed by atoms with van der Waals surface area (Å²) in [7, 11) is 0. The fraction of sp³-hybridized carbons (Fsp3) is 0.250. The van der Waals surface area contributed by atoms with Crippen LogP contribution in [0.15, 0.2) is 28.9 Å². The Labute approximate surface area is 118 Å². The summed E-state index contributed by atoms with van der Waals surface area (Å²) in [4.78, 5) is 6.88. The number of nitrogens with one attached hydrogen (secondary N) is 1. The van der Waals surface area contributed by atoms with E-state index in [2.05, 4.69) is 52.2 Å². The Morgan fingerprint density at radius 2 is 2.24 bits per heavy atom. The highest BCUT2D eigenvalue weighted by atomic mass is 79.9. The van der Waals surface area contributed by atoms with Gasteiger partial charge in [0.2, 0.25) is 0 Å². The zero-order valence-electron chi connectivity index (χ0n) is 9.50.